The normalized spacial score (nSPS) is 21.4. The van der Waals surface area contributed by atoms with Gasteiger partial charge in [-0.1, -0.05) is 42.5 Å². The Morgan fingerprint density at radius 2 is 1.92 bits per heavy atom. The van der Waals surface area contributed by atoms with Crippen molar-refractivity contribution in [1.29, 1.82) is 0 Å². The van der Waals surface area contributed by atoms with E-state index in [0.717, 1.165) is 24.8 Å². The molecule has 2 aromatic rings. The molecule has 2 bridgehead atoms. The summed E-state index contributed by atoms with van der Waals surface area (Å²) >= 11 is 0. The Bertz CT molecular complexity index is 905. The molecule has 0 aliphatic carbocycles. The Morgan fingerprint density at radius 3 is 2.62 bits per heavy atom. The molecule has 4 rings (SSSR count). The number of carbonyl (C=O) groups excluding carboxylic acids is 1. The number of rotatable bonds is 3. The average molecular weight is 348 g/mol. The van der Waals surface area contributed by atoms with Crippen molar-refractivity contribution in [3.63, 3.8) is 0 Å². The van der Waals surface area contributed by atoms with Crippen LogP contribution < -0.4 is 0 Å². The van der Waals surface area contributed by atoms with E-state index in [4.69, 9.17) is 0 Å². The van der Waals surface area contributed by atoms with Gasteiger partial charge in [-0.2, -0.15) is 0 Å². The van der Waals surface area contributed by atoms with E-state index < -0.39 is 4.92 Å². The maximum absolute atomic E-state index is 13.2. The summed E-state index contributed by atoms with van der Waals surface area (Å²) in [6, 6.07) is 15.1. The number of amides is 1. The van der Waals surface area contributed by atoms with E-state index >= 15 is 0 Å². The van der Waals surface area contributed by atoms with Gasteiger partial charge < -0.3 is 4.90 Å². The molecule has 0 aromatic heterocycles. The van der Waals surface area contributed by atoms with Crippen LogP contribution >= 0.6 is 0 Å². The SMILES string of the molecule is Cc1ccc([N+](=O)[O-])c(C(=O)N2C3C=C(c4ccccc4)CC2CC3)c1. The van der Waals surface area contributed by atoms with Crippen LogP contribution in [0.2, 0.25) is 0 Å². The van der Waals surface area contributed by atoms with Crippen LogP contribution in [0.25, 0.3) is 5.57 Å². The maximum Gasteiger partial charge on any atom is 0.282 e. The van der Waals surface area contributed by atoms with Crippen LogP contribution in [0.3, 0.4) is 0 Å². The summed E-state index contributed by atoms with van der Waals surface area (Å²) in [6.07, 6.45) is 4.80. The largest absolute Gasteiger partial charge is 0.329 e. The predicted molar refractivity (Wildman–Crippen MR) is 99.8 cm³/mol. The van der Waals surface area contributed by atoms with Gasteiger partial charge in [0.15, 0.2) is 0 Å². The maximum atomic E-state index is 13.2. The molecule has 132 valence electrons. The molecule has 2 aliphatic rings. The molecule has 0 spiro atoms. The van der Waals surface area contributed by atoms with Crippen molar-refractivity contribution in [2.24, 2.45) is 0 Å². The van der Waals surface area contributed by atoms with Crippen LogP contribution in [0.15, 0.2) is 54.6 Å². The molecule has 0 radical (unpaired) electrons. The molecule has 26 heavy (non-hydrogen) atoms. The average Bonchev–Trinajstić information content (AvgIpc) is 2.90. The molecule has 1 fully saturated rings. The minimum Gasteiger partial charge on any atom is -0.329 e. The quantitative estimate of drug-likeness (QED) is 0.611. The first-order valence-electron chi connectivity index (χ1n) is 8.88. The highest BCUT2D eigenvalue weighted by atomic mass is 16.6. The number of nitro benzene ring substituents is 1. The molecule has 2 unspecified atom stereocenters. The van der Waals surface area contributed by atoms with Gasteiger partial charge in [0.05, 0.1) is 11.0 Å². The zero-order valence-corrected chi connectivity index (χ0v) is 14.6. The second-order valence-corrected chi connectivity index (χ2v) is 7.05. The lowest BCUT2D eigenvalue weighted by Crippen LogP contribution is -2.43. The first kappa shape index (κ1) is 16.5. The van der Waals surface area contributed by atoms with Crippen molar-refractivity contribution < 1.29 is 9.72 Å². The lowest BCUT2D eigenvalue weighted by Gasteiger charge is -2.34. The fraction of sp³-hybridized carbons (Fsp3) is 0.286. The Labute approximate surface area is 152 Å². The van der Waals surface area contributed by atoms with Gasteiger partial charge in [-0.15, -0.1) is 0 Å². The van der Waals surface area contributed by atoms with Gasteiger partial charge in [0.1, 0.15) is 5.56 Å². The first-order chi connectivity index (χ1) is 12.5. The van der Waals surface area contributed by atoms with Crippen molar-refractivity contribution in [3.05, 3.63) is 81.4 Å². The van der Waals surface area contributed by atoms with Gasteiger partial charge in [-0.3, -0.25) is 14.9 Å². The summed E-state index contributed by atoms with van der Waals surface area (Å²) in [5, 5.41) is 11.4. The molecule has 0 saturated carbocycles. The van der Waals surface area contributed by atoms with E-state index in [0.29, 0.717) is 0 Å². The third-order valence-electron chi connectivity index (χ3n) is 5.35. The monoisotopic (exact) mass is 348 g/mol. The smallest absolute Gasteiger partial charge is 0.282 e. The molecule has 0 N–H and O–H groups in total. The highest BCUT2D eigenvalue weighted by Gasteiger charge is 2.41. The van der Waals surface area contributed by atoms with E-state index in [1.807, 2.05) is 30.0 Å². The lowest BCUT2D eigenvalue weighted by atomic mass is 9.94. The molecular formula is C21H20N2O3. The van der Waals surface area contributed by atoms with Crippen molar-refractivity contribution >= 4 is 17.2 Å². The molecule has 1 saturated heterocycles. The predicted octanol–water partition coefficient (Wildman–Crippen LogP) is 4.36. The summed E-state index contributed by atoms with van der Waals surface area (Å²) in [7, 11) is 0. The van der Waals surface area contributed by atoms with Crippen LogP contribution in [0, 0.1) is 17.0 Å². The third-order valence-corrected chi connectivity index (χ3v) is 5.35. The Hall–Kier alpha value is -2.95. The van der Waals surface area contributed by atoms with E-state index in [1.54, 1.807) is 12.1 Å². The number of carbonyl (C=O) groups is 1. The zero-order valence-electron chi connectivity index (χ0n) is 14.6. The van der Waals surface area contributed by atoms with Gasteiger partial charge in [0, 0.05) is 12.1 Å². The van der Waals surface area contributed by atoms with Gasteiger partial charge in [-0.05, 0) is 49.0 Å². The van der Waals surface area contributed by atoms with Crippen LogP contribution in [-0.2, 0) is 0 Å². The highest BCUT2D eigenvalue weighted by Crippen LogP contribution is 2.40. The van der Waals surface area contributed by atoms with Crippen LogP contribution in [0.5, 0.6) is 0 Å². The highest BCUT2D eigenvalue weighted by molar-refractivity contribution is 5.99. The third kappa shape index (κ3) is 2.79. The van der Waals surface area contributed by atoms with Crippen molar-refractivity contribution in [2.75, 3.05) is 0 Å². The number of benzene rings is 2. The number of fused-ring (bicyclic) bond motifs is 2. The summed E-state index contributed by atoms with van der Waals surface area (Å²) in [6.45, 7) is 1.85. The molecule has 2 atom stereocenters. The minimum absolute atomic E-state index is 0.0107. The van der Waals surface area contributed by atoms with Crippen LogP contribution in [0.4, 0.5) is 5.69 Å². The van der Waals surface area contributed by atoms with Gasteiger partial charge in [0.2, 0.25) is 0 Å². The fourth-order valence-electron chi connectivity index (χ4n) is 4.13. The molecule has 5 heteroatoms. The fourth-order valence-corrected chi connectivity index (χ4v) is 4.13. The molecule has 2 aromatic carbocycles. The topological polar surface area (TPSA) is 63.5 Å². The number of hydrogen-bond acceptors (Lipinski definition) is 3. The number of aryl methyl sites for hydroxylation is 1. The lowest BCUT2D eigenvalue weighted by molar-refractivity contribution is -0.385. The van der Waals surface area contributed by atoms with Crippen LogP contribution in [-0.4, -0.2) is 27.8 Å². The summed E-state index contributed by atoms with van der Waals surface area (Å²) in [5.41, 5.74) is 3.39. The van der Waals surface area contributed by atoms with E-state index in [9.17, 15) is 14.9 Å². The van der Waals surface area contributed by atoms with Crippen LogP contribution in [0.1, 0.15) is 40.7 Å². The minimum atomic E-state index is -0.468. The van der Waals surface area contributed by atoms with Crippen molar-refractivity contribution in [3.8, 4) is 0 Å². The second-order valence-electron chi connectivity index (χ2n) is 7.05. The summed E-state index contributed by atoms with van der Waals surface area (Å²) < 4.78 is 0. The van der Waals surface area contributed by atoms with Crippen molar-refractivity contribution in [2.45, 2.75) is 38.3 Å². The Morgan fingerprint density at radius 1 is 1.15 bits per heavy atom. The molecule has 5 nitrogen and oxygen atoms in total. The molecule has 2 aliphatic heterocycles. The second kappa shape index (κ2) is 6.41. The van der Waals surface area contributed by atoms with Gasteiger partial charge in [-0.25, -0.2) is 0 Å². The number of nitro groups is 1. The Kier molecular flexibility index (Phi) is 4.07. The summed E-state index contributed by atoms with van der Waals surface area (Å²) in [5.74, 6) is -0.226. The van der Waals surface area contributed by atoms with Crippen molar-refractivity contribution in [1.82, 2.24) is 4.90 Å². The Balaban J connectivity index is 1.68. The summed E-state index contributed by atoms with van der Waals surface area (Å²) in [4.78, 5) is 25.9. The van der Waals surface area contributed by atoms with E-state index in [2.05, 4.69) is 18.2 Å². The first-order valence-corrected chi connectivity index (χ1v) is 8.88. The molecule has 1 amide bonds. The molecule has 2 heterocycles. The van der Waals surface area contributed by atoms with Gasteiger partial charge in [0.25, 0.3) is 11.6 Å². The van der Waals surface area contributed by atoms with E-state index in [-0.39, 0.29) is 29.2 Å². The number of hydrogen-bond donors (Lipinski definition) is 0. The molecular weight excluding hydrogens is 328 g/mol. The zero-order chi connectivity index (χ0) is 18.3. The number of nitrogens with zero attached hydrogens (tertiary/aromatic N) is 2. The van der Waals surface area contributed by atoms with Gasteiger partial charge >= 0.3 is 0 Å². The van der Waals surface area contributed by atoms with E-state index in [1.165, 1.54) is 17.2 Å². The standard InChI is InChI=1S/C21H20N2O3/c1-14-7-10-20(23(25)26)19(11-14)21(24)22-17-8-9-18(22)13-16(12-17)15-5-3-2-4-6-15/h2-7,10-12,17-18H,8-9,13H2,1H3.